The molecule has 6 nitrogen and oxygen atoms in total. The number of aromatic nitrogens is 3. The Morgan fingerprint density at radius 1 is 1.36 bits per heavy atom. The van der Waals surface area contributed by atoms with Crippen LogP contribution in [0.5, 0.6) is 5.75 Å². The molecule has 0 atom stereocenters. The molecule has 3 rings (SSSR count). The molecule has 2 heterocycles. The van der Waals surface area contributed by atoms with Crippen molar-refractivity contribution in [2.75, 3.05) is 13.7 Å². The van der Waals surface area contributed by atoms with Crippen LogP contribution in [0, 0.1) is 0 Å². The maximum atomic E-state index is 12.4. The van der Waals surface area contributed by atoms with Crippen LogP contribution in [0.4, 0.5) is 0 Å². The smallest absolute Gasteiger partial charge is 0.267 e. The van der Waals surface area contributed by atoms with Gasteiger partial charge in [0.25, 0.3) is 5.91 Å². The number of fused-ring (bicyclic) bond motifs is 1. The van der Waals surface area contributed by atoms with Crippen molar-refractivity contribution < 1.29 is 9.53 Å². The van der Waals surface area contributed by atoms with Crippen LogP contribution in [0.1, 0.15) is 10.5 Å². The van der Waals surface area contributed by atoms with Crippen LogP contribution in [0.2, 0.25) is 0 Å². The molecule has 0 saturated heterocycles. The fourth-order valence-corrected chi connectivity index (χ4v) is 2.54. The lowest BCUT2D eigenvalue weighted by atomic mass is 10.2. The van der Waals surface area contributed by atoms with Crippen LogP contribution in [-0.4, -0.2) is 33.9 Å². The van der Waals surface area contributed by atoms with Crippen LogP contribution in [0.3, 0.4) is 0 Å². The van der Waals surface area contributed by atoms with Crippen molar-refractivity contribution in [1.82, 2.24) is 19.7 Å². The summed E-state index contributed by atoms with van der Waals surface area (Å²) in [7, 11) is 3.51. The van der Waals surface area contributed by atoms with Gasteiger partial charge in [-0.15, -0.1) is 0 Å². The van der Waals surface area contributed by atoms with E-state index in [-0.39, 0.29) is 5.91 Å². The third kappa shape index (κ3) is 2.55. The first-order valence-corrected chi connectivity index (χ1v) is 7.09. The second-order valence-corrected chi connectivity index (χ2v) is 5.01. The number of hydrogen-bond acceptors (Lipinski definition) is 3. The molecular weight excluding hydrogens is 280 g/mol. The monoisotopic (exact) mass is 298 g/mol. The highest BCUT2D eigenvalue weighted by molar-refractivity contribution is 6.00. The van der Waals surface area contributed by atoms with E-state index in [0.29, 0.717) is 18.8 Å². The molecule has 22 heavy (non-hydrogen) atoms. The minimum Gasteiger partial charge on any atom is -0.496 e. The number of aryl methyl sites for hydroxylation is 1. The number of methoxy groups -OCH3 is 1. The number of ether oxygens (including phenoxy) is 1. The molecule has 0 aliphatic carbocycles. The van der Waals surface area contributed by atoms with Gasteiger partial charge in [0.15, 0.2) is 0 Å². The summed E-state index contributed by atoms with van der Waals surface area (Å²) in [5.74, 6) is 0.664. The van der Waals surface area contributed by atoms with E-state index in [4.69, 9.17) is 4.74 Å². The molecule has 0 unspecified atom stereocenters. The zero-order chi connectivity index (χ0) is 15.5. The van der Waals surface area contributed by atoms with Gasteiger partial charge >= 0.3 is 0 Å². The summed E-state index contributed by atoms with van der Waals surface area (Å²) in [6.07, 6.45) is 3.59. The van der Waals surface area contributed by atoms with Gasteiger partial charge in [0, 0.05) is 31.4 Å². The number of benzene rings is 1. The van der Waals surface area contributed by atoms with E-state index >= 15 is 0 Å². The number of hydrogen-bond donors (Lipinski definition) is 1. The second kappa shape index (κ2) is 5.93. The molecule has 6 heteroatoms. The minimum absolute atomic E-state index is 0.104. The second-order valence-electron chi connectivity index (χ2n) is 5.01. The van der Waals surface area contributed by atoms with Gasteiger partial charge in [-0.1, -0.05) is 6.07 Å². The van der Waals surface area contributed by atoms with Gasteiger partial charge in [0.1, 0.15) is 11.4 Å². The van der Waals surface area contributed by atoms with E-state index in [1.807, 2.05) is 48.1 Å². The van der Waals surface area contributed by atoms with Crippen LogP contribution in [-0.2, 0) is 13.6 Å². The molecule has 2 aromatic heterocycles. The predicted octanol–water partition coefficient (Wildman–Crippen LogP) is 1.81. The lowest BCUT2D eigenvalue weighted by Gasteiger charge is -2.06. The molecular formula is C16H18N4O2. The molecule has 1 N–H and O–H groups in total. The first-order valence-electron chi connectivity index (χ1n) is 7.09. The number of carbonyl (C=O) groups is 1. The summed E-state index contributed by atoms with van der Waals surface area (Å²) < 4.78 is 9.01. The first-order chi connectivity index (χ1) is 10.7. The maximum absolute atomic E-state index is 12.4. The van der Waals surface area contributed by atoms with Crippen molar-refractivity contribution in [3.05, 3.63) is 48.4 Å². The van der Waals surface area contributed by atoms with Crippen molar-refractivity contribution in [3.63, 3.8) is 0 Å². The van der Waals surface area contributed by atoms with Crippen LogP contribution in [0.15, 0.2) is 42.7 Å². The number of carbonyl (C=O) groups excluding carboxylic acids is 1. The Hall–Kier alpha value is -2.76. The van der Waals surface area contributed by atoms with E-state index in [1.54, 1.807) is 18.0 Å². The van der Waals surface area contributed by atoms with E-state index in [1.165, 1.54) is 0 Å². The fourth-order valence-electron chi connectivity index (χ4n) is 2.54. The van der Waals surface area contributed by atoms with Gasteiger partial charge in [0.2, 0.25) is 0 Å². The molecule has 1 amide bonds. The Morgan fingerprint density at radius 3 is 2.95 bits per heavy atom. The lowest BCUT2D eigenvalue weighted by Crippen LogP contribution is -2.28. The van der Waals surface area contributed by atoms with Crippen LogP contribution >= 0.6 is 0 Å². The van der Waals surface area contributed by atoms with E-state index in [9.17, 15) is 4.79 Å². The molecule has 0 bridgehead atoms. The number of amides is 1. The van der Waals surface area contributed by atoms with Gasteiger partial charge in [-0.2, -0.15) is 5.10 Å². The average molecular weight is 298 g/mol. The zero-order valence-electron chi connectivity index (χ0n) is 12.6. The largest absolute Gasteiger partial charge is 0.496 e. The minimum atomic E-state index is -0.104. The molecule has 0 radical (unpaired) electrons. The molecule has 0 saturated carbocycles. The molecule has 3 aromatic rings. The third-order valence-electron chi connectivity index (χ3n) is 3.69. The standard InChI is InChI=1S/C16H18N4O2/c1-19-13-5-3-6-15(22-2)12(13)11-14(19)16(21)17-8-10-20-9-4-7-18-20/h3-7,9,11H,8,10H2,1-2H3,(H,17,21). The zero-order valence-corrected chi connectivity index (χ0v) is 12.6. The summed E-state index contributed by atoms with van der Waals surface area (Å²) in [4.78, 5) is 12.4. The number of nitrogens with one attached hydrogen (secondary N) is 1. The summed E-state index contributed by atoms with van der Waals surface area (Å²) >= 11 is 0. The van der Waals surface area contributed by atoms with Gasteiger partial charge < -0.3 is 14.6 Å². The van der Waals surface area contributed by atoms with E-state index in [0.717, 1.165) is 16.7 Å². The summed E-state index contributed by atoms with van der Waals surface area (Å²) in [6.45, 7) is 1.17. The molecule has 0 aliphatic heterocycles. The lowest BCUT2D eigenvalue weighted by molar-refractivity contribution is 0.0944. The third-order valence-corrected chi connectivity index (χ3v) is 3.69. The molecule has 114 valence electrons. The van der Waals surface area contributed by atoms with E-state index < -0.39 is 0 Å². The van der Waals surface area contributed by atoms with Crippen molar-refractivity contribution in [2.45, 2.75) is 6.54 Å². The van der Waals surface area contributed by atoms with Crippen molar-refractivity contribution >= 4 is 16.8 Å². The number of nitrogens with zero attached hydrogens (tertiary/aromatic N) is 3. The molecule has 0 spiro atoms. The maximum Gasteiger partial charge on any atom is 0.267 e. The number of rotatable bonds is 5. The van der Waals surface area contributed by atoms with E-state index in [2.05, 4.69) is 10.4 Å². The SMILES string of the molecule is COc1cccc2c1cc(C(=O)NCCn1cccn1)n2C. The van der Waals surface area contributed by atoms with Gasteiger partial charge in [0.05, 0.1) is 19.2 Å². The molecule has 1 aromatic carbocycles. The quantitative estimate of drug-likeness (QED) is 0.781. The van der Waals surface area contributed by atoms with Crippen molar-refractivity contribution in [3.8, 4) is 5.75 Å². The summed E-state index contributed by atoms with van der Waals surface area (Å²) in [5.41, 5.74) is 1.58. The molecule has 0 aliphatic rings. The Labute approximate surface area is 128 Å². The highest BCUT2D eigenvalue weighted by atomic mass is 16.5. The predicted molar refractivity (Wildman–Crippen MR) is 84.0 cm³/mol. The van der Waals surface area contributed by atoms with Gasteiger partial charge in [-0.05, 0) is 24.3 Å². The topological polar surface area (TPSA) is 61.1 Å². The normalized spacial score (nSPS) is 10.8. The van der Waals surface area contributed by atoms with Crippen LogP contribution in [0.25, 0.3) is 10.9 Å². The summed E-state index contributed by atoms with van der Waals surface area (Å²) in [5, 5.41) is 7.95. The molecule has 0 fully saturated rings. The van der Waals surface area contributed by atoms with Crippen molar-refractivity contribution in [1.29, 1.82) is 0 Å². The Kier molecular flexibility index (Phi) is 3.82. The highest BCUT2D eigenvalue weighted by Crippen LogP contribution is 2.27. The first kappa shape index (κ1) is 14.2. The van der Waals surface area contributed by atoms with Gasteiger partial charge in [-0.3, -0.25) is 9.48 Å². The Morgan fingerprint density at radius 2 is 2.23 bits per heavy atom. The Balaban J connectivity index is 1.77. The average Bonchev–Trinajstić information content (AvgIpc) is 3.15. The van der Waals surface area contributed by atoms with Crippen LogP contribution < -0.4 is 10.1 Å². The van der Waals surface area contributed by atoms with Crippen molar-refractivity contribution in [2.24, 2.45) is 7.05 Å². The highest BCUT2D eigenvalue weighted by Gasteiger charge is 2.15. The van der Waals surface area contributed by atoms with Gasteiger partial charge in [-0.25, -0.2) is 0 Å². The summed E-state index contributed by atoms with van der Waals surface area (Å²) in [6, 6.07) is 9.50. The fraction of sp³-hybridized carbons (Fsp3) is 0.250. The Bertz CT molecular complexity index is 790.